The van der Waals surface area contributed by atoms with Gasteiger partial charge in [0, 0.05) is 19.8 Å². The Bertz CT molecular complexity index is 877. The summed E-state index contributed by atoms with van der Waals surface area (Å²) in [4.78, 5) is 15.6. The van der Waals surface area contributed by atoms with Crippen LogP contribution in [0.25, 0.3) is 10.6 Å². The quantitative estimate of drug-likeness (QED) is 0.793. The minimum atomic E-state index is -0.0393. The smallest absolute Gasteiger partial charge is 0.272 e. The molecule has 0 radical (unpaired) electrons. The first-order chi connectivity index (χ1) is 11.6. The number of fused-ring (bicyclic) bond motifs is 1. The number of hydrogen-bond donors (Lipinski definition) is 1. The van der Waals surface area contributed by atoms with Crippen molar-refractivity contribution in [1.82, 2.24) is 24.9 Å². The SMILES string of the molecule is CN(Cc1n[nH]c2c1CCC2)C(=O)c1cc(-c2cccs2)nn1C. The third kappa shape index (κ3) is 2.54. The van der Waals surface area contributed by atoms with E-state index in [1.807, 2.05) is 37.7 Å². The predicted molar refractivity (Wildman–Crippen MR) is 92.9 cm³/mol. The maximum Gasteiger partial charge on any atom is 0.272 e. The molecule has 6 nitrogen and oxygen atoms in total. The summed E-state index contributed by atoms with van der Waals surface area (Å²) in [6.07, 6.45) is 3.28. The molecule has 1 N–H and O–H groups in total. The number of hydrogen-bond acceptors (Lipinski definition) is 4. The molecule has 24 heavy (non-hydrogen) atoms. The summed E-state index contributed by atoms with van der Waals surface area (Å²) >= 11 is 1.62. The highest BCUT2D eigenvalue weighted by molar-refractivity contribution is 7.13. The molecular formula is C17H19N5OS. The van der Waals surface area contributed by atoms with Crippen molar-refractivity contribution in [1.29, 1.82) is 0 Å². The lowest BCUT2D eigenvalue weighted by Crippen LogP contribution is -2.28. The topological polar surface area (TPSA) is 66.8 Å². The lowest BCUT2D eigenvalue weighted by atomic mass is 10.2. The van der Waals surface area contributed by atoms with Crippen molar-refractivity contribution in [3.8, 4) is 10.6 Å². The standard InChI is InChI=1S/C17H19N5OS/c1-21(10-14-11-5-3-6-12(11)18-19-14)17(23)15-9-13(20-22(15)2)16-7-4-8-24-16/h4,7-9H,3,5-6,10H2,1-2H3,(H,18,19). The second kappa shape index (κ2) is 5.90. The van der Waals surface area contributed by atoms with Crippen molar-refractivity contribution in [3.05, 3.63) is 46.2 Å². The zero-order valence-corrected chi connectivity index (χ0v) is 14.6. The molecule has 1 aliphatic carbocycles. The fraction of sp³-hybridized carbons (Fsp3) is 0.353. The summed E-state index contributed by atoms with van der Waals surface area (Å²) < 4.78 is 1.66. The predicted octanol–water partition coefficient (Wildman–Crippen LogP) is 2.63. The number of amides is 1. The highest BCUT2D eigenvalue weighted by atomic mass is 32.1. The largest absolute Gasteiger partial charge is 0.334 e. The van der Waals surface area contributed by atoms with Gasteiger partial charge in [0.25, 0.3) is 5.91 Å². The van der Waals surface area contributed by atoms with E-state index >= 15 is 0 Å². The molecule has 7 heteroatoms. The summed E-state index contributed by atoms with van der Waals surface area (Å²) in [5, 5.41) is 14.0. The third-order valence-electron chi connectivity index (χ3n) is 4.50. The van der Waals surface area contributed by atoms with Gasteiger partial charge in [-0.05, 0) is 42.3 Å². The average Bonchev–Trinajstić information content (AvgIpc) is 3.32. The highest BCUT2D eigenvalue weighted by Gasteiger charge is 2.23. The van der Waals surface area contributed by atoms with Crippen molar-refractivity contribution in [2.75, 3.05) is 7.05 Å². The lowest BCUT2D eigenvalue weighted by molar-refractivity contribution is 0.0772. The summed E-state index contributed by atoms with van der Waals surface area (Å²) in [6, 6.07) is 5.86. The van der Waals surface area contributed by atoms with Crippen LogP contribution in [0.15, 0.2) is 23.6 Å². The van der Waals surface area contributed by atoms with Gasteiger partial charge in [0.05, 0.1) is 17.1 Å². The molecule has 4 rings (SSSR count). The molecule has 3 aromatic heterocycles. The van der Waals surface area contributed by atoms with Gasteiger partial charge in [0.1, 0.15) is 11.4 Å². The van der Waals surface area contributed by atoms with E-state index in [1.54, 1.807) is 20.9 Å². The van der Waals surface area contributed by atoms with Crippen LogP contribution in [0, 0.1) is 0 Å². The highest BCUT2D eigenvalue weighted by Crippen LogP contribution is 2.26. The van der Waals surface area contributed by atoms with Crippen LogP contribution in [0.3, 0.4) is 0 Å². The fourth-order valence-electron chi connectivity index (χ4n) is 3.22. The normalized spacial score (nSPS) is 13.2. The number of H-pyrrole nitrogens is 1. The summed E-state index contributed by atoms with van der Waals surface area (Å²) in [5.74, 6) is -0.0393. The molecule has 0 spiro atoms. The van der Waals surface area contributed by atoms with Gasteiger partial charge in [-0.2, -0.15) is 10.2 Å². The Morgan fingerprint density at radius 2 is 2.33 bits per heavy atom. The van der Waals surface area contributed by atoms with E-state index in [9.17, 15) is 4.79 Å². The van der Waals surface area contributed by atoms with Crippen LogP contribution >= 0.6 is 11.3 Å². The summed E-state index contributed by atoms with van der Waals surface area (Å²) in [5.41, 5.74) is 4.93. The molecule has 3 heterocycles. The van der Waals surface area contributed by atoms with Crippen LogP contribution in [-0.2, 0) is 26.4 Å². The number of rotatable bonds is 4. The van der Waals surface area contributed by atoms with Crippen LogP contribution in [0.1, 0.15) is 33.9 Å². The van der Waals surface area contributed by atoms with Gasteiger partial charge >= 0.3 is 0 Å². The van der Waals surface area contributed by atoms with Crippen LogP contribution in [0.4, 0.5) is 0 Å². The number of carbonyl (C=O) groups excluding carboxylic acids is 1. The van der Waals surface area contributed by atoms with Gasteiger partial charge in [-0.25, -0.2) is 0 Å². The van der Waals surface area contributed by atoms with Gasteiger partial charge in [0.15, 0.2) is 0 Å². The van der Waals surface area contributed by atoms with Crippen LogP contribution in [-0.4, -0.2) is 37.8 Å². The molecule has 0 atom stereocenters. The number of thiophene rings is 1. The van der Waals surface area contributed by atoms with E-state index in [4.69, 9.17) is 0 Å². The first-order valence-electron chi connectivity index (χ1n) is 8.02. The third-order valence-corrected chi connectivity index (χ3v) is 5.39. The Morgan fingerprint density at radius 3 is 3.12 bits per heavy atom. The van der Waals surface area contributed by atoms with Gasteiger partial charge in [-0.15, -0.1) is 11.3 Å². The second-order valence-electron chi connectivity index (χ2n) is 6.16. The number of nitrogens with one attached hydrogen (secondary N) is 1. The summed E-state index contributed by atoms with van der Waals surface area (Å²) in [6.45, 7) is 0.518. The van der Waals surface area contributed by atoms with Gasteiger partial charge in [-0.1, -0.05) is 6.07 Å². The van der Waals surface area contributed by atoms with Crippen molar-refractivity contribution in [3.63, 3.8) is 0 Å². The fourth-order valence-corrected chi connectivity index (χ4v) is 3.90. The maximum absolute atomic E-state index is 12.8. The molecular weight excluding hydrogens is 322 g/mol. The molecule has 0 aliphatic heterocycles. The van der Waals surface area contributed by atoms with E-state index < -0.39 is 0 Å². The Morgan fingerprint density at radius 1 is 1.46 bits per heavy atom. The molecule has 3 aromatic rings. The van der Waals surface area contributed by atoms with Crippen molar-refractivity contribution in [2.45, 2.75) is 25.8 Å². The Hall–Kier alpha value is -2.41. The molecule has 0 fully saturated rings. The van der Waals surface area contributed by atoms with Crippen molar-refractivity contribution in [2.24, 2.45) is 7.05 Å². The second-order valence-corrected chi connectivity index (χ2v) is 7.11. The molecule has 0 aromatic carbocycles. The van der Waals surface area contributed by atoms with E-state index in [0.29, 0.717) is 12.2 Å². The Labute approximate surface area is 144 Å². The number of carbonyl (C=O) groups is 1. The lowest BCUT2D eigenvalue weighted by Gasteiger charge is -2.16. The van der Waals surface area contributed by atoms with Crippen LogP contribution < -0.4 is 0 Å². The number of nitrogens with zero attached hydrogens (tertiary/aromatic N) is 4. The Kier molecular flexibility index (Phi) is 3.72. The van der Waals surface area contributed by atoms with E-state index in [2.05, 4.69) is 15.3 Å². The van der Waals surface area contributed by atoms with Crippen LogP contribution in [0.2, 0.25) is 0 Å². The van der Waals surface area contributed by atoms with E-state index in [-0.39, 0.29) is 5.91 Å². The van der Waals surface area contributed by atoms with Gasteiger partial charge < -0.3 is 4.90 Å². The number of aromatic amines is 1. The van der Waals surface area contributed by atoms with E-state index in [1.165, 1.54) is 17.7 Å². The molecule has 1 aliphatic rings. The number of aromatic nitrogens is 4. The molecule has 0 unspecified atom stereocenters. The molecule has 0 bridgehead atoms. The first-order valence-corrected chi connectivity index (χ1v) is 8.90. The average molecular weight is 341 g/mol. The zero-order valence-electron chi connectivity index (χ0n) is 13.7. The van der Waals surface area contributed by atoms with Gasteiger partial charge in [-0.3, -0.25) is 14.6 Å². The minimum Gasteiger partial charge on any atom is -0.334 e. The molecule has 1 amide bonds. The first kappa shape index (κ1) is 15.1. The number of aryl methyl sites for hydroxylation is 2. The molecule has 124 valence electrons. The Balaban J connectivity index is 1.55. The monoisotopic (exact) mass is 341 g/mol. The van der Waals surface area contributed by atoms with Crippen molar-refractivity contribution >= 4 is 17.2 Å². The van der Waals surface area contributed by atoms with Crippen LogP contribution in [0.5, 0.6) is 0 Å². The molecule has 0 saturated carbocycles. The van der Waals surface area contributed by atoms with Crippen molar-refractivity contribution < 1.29 is 4.79 Å². The van der Waals surface area contributed by atoms with Gasteiger partial charge in [0.2, 0.25) is 0 Å². The maximum atomic E-state index is 12.8. The molecule has 0 saturated heterocycles. The summed E-state index contributed by atoms with van der Waals surface area (Å²) in [7, 11) is 3.63. The van der Waals surface area contributed by atoms with E-state index in [0.717, 1.165) is 29.1 Å². The zero-order chi connectivity index (χ0) is 16.7. The minimum absolute atomic E-state index is 0.0393.